The first-order valence-corrected chi connectivity index (χ1v) is 3.16. The monoisotopic (exact) mass is 182 g/mol. The number of ether oxygens (including phenoxy) is 1. The molecule has 0 heterocycles. The first kappa shape index (κ1) is 13.6. The molecule has 0 aliphatic heterocycles. The van der Waals surface area contributed by atoms with Gasteiger partial charge in [-0.05, 0) is 0 Å². The quantitative estimate of drug-likeness (QED) is 0.394. The topological polar surface area (TPSA) is 63.6 Å². The average molecular weight is 182 g/mol. The van der Waals surface area contributed by atoms with Crippen LogP contribution in [0.25, 0.3) is 0 Å². The van der Waals surface area contributed by atoms with Crippen LogP contribution in [0.4, 0.5) is 0 Å². The minimum atomic E-state index is -0.981. The van der Waals surface area contributed by atoms with E-state index in [0.29, 0.717) is 0 Å². The minimum Gasteiger partial charge on any atom is -0.478 e. The molecule has 0 aromatic carbocycles. The summed E-state index contributed by atoms with van der Waals surface area (Å²) in [6, 6.07) is 0. The number of terminal acetylenes is 1. The van der Waals surface area contributed by atoms with E-state index < -0.39 is 11.9 Å². The molecule has 0 bridgehead atoms. The third kappa shape index (κ3) is 17.8. The summed E-state index contributed by atoms with van der Waals surface area (Å²) < 4.78 is 4.35. The van der Waals surface area contributed by atoms with Gasteiger partial charge < -0.3 is 9.84 Å². The maximum absolute atomic E-state index is 10.1. The summed E-state index contributed by atoms with van der Waals surface area (Å²) in [5, 5.41) is 7.60. The van der Waals surface area contributed by atoms with Gasteiger partial charge in [0.05, 0.1) is 0 Å². The largest absolute Gasteiger partial charge is 0.478 e. The molecule has 4 nitrogen and oxygen atoms in total. The summed E-state index contributed by atoms with van der Waals surface area (Å²) in [6.45, 7) is 6.15. The molecule has 0 aliphatic rings. The Kier molecular flexibility index (Phi) is 10.4. The Morgan fingerprint density at radius 3 is 2.15 bits per heavy atom. The first-order chi connectivity index (χ1) is 6.08. The Labute approximate surface area is 76.5 Å². The summed E-state index contributed by atoms with van der Waals surface area (Å²) in [6.07, 6.45) is 6.67. The molecule has 0 fully saturated rings. The lowest BCUT2D eigenvalue weighted by Gasteiger charge is -1.90. The first-order valence-electron chi connectivity index (χ1n) is 3.16. The van der Waals surface area contributed by atoms with Crippen molar-refractivity contribution in [1.82, 2.24) is 0 Å². The van der Waals surface area contributed by atoms with Gasteiger partial charge in [-0.2, -0.15) is 0 Å². The van der Waals surface area contributed by atoms with Crippen LogP contribution in [-0.4, -0.2) is 23.7 Å². The predicted molar refractivity (Wildman–Crippen MR) is 47.8 cm³/mol. The van der Waals surface area contributed by atoms with Gasteiger partial charge in [0.15, 0.2) is 6.61 Å². The standard InChI is InChI=1S/C6H6O2.C3H4O2/c1-3-5-8-6(7)4-2;1-2-3(4)5/h1,4H,2,5H2;2H,1H2,(H,4,5). The van der Waals surface area contributed by atoms with E-state index >= 15 is 0 Å². The van der Waals surface area contributed by atoms with E-state index in [2.05, 4.69) is 23.8 Å². The highest BCUT2D eigenvalue weighted by atomic mass is 16.5. The van der Waals surface area contributed by atoms with Gasteiger partial charge in [0.25, 0.3) is 0 Å². The van der Waals surface area contributed by atoms with E-state index in [4.69, 9.17) is 11.5 Å². The van der Waals surface area contributed by atoms with Gasteiger partial charge in [-0.3, -0.25) is 0 Å². The molecule has 0 radical (unpaired) electrons. The Morgan fingerprint density at radius 2 is 1.92 bits per heavy atom. The van der Waals surface area contributed by atoms with Crippen molar-refractivity contribution in [2.45, 2.75) is 0 Å². The molecule has 1 N–H and O–H groups in total. The molecule has 0 unspecified atom stereocenters. The molecule has 0 rings (SSSR count). The Morgan fingerprint density at radius 1 is 1.46 bits per heavy atom. The second kappa shape index (κ2) is 9.98. The van der Waals surface area contributed by atoms with Crippen LogP contribution in [0.3, 0.4) is 0 Å². The molecule has 70 valence electrons. The molecule has 0 aromatic heterocycles. The maximum Gasteiger partial charge on any atom is 0.331 e. The number of hydrogen-bond donors (Lipinski definition) is 1. The van der Waals surface area contributed by atoms with E-state index in [9.17, 15) is 9.59 Å². The zero-order chi connectivity index (χ0) is 10.7. The Balaban J connectivity index is 0. The Bertz CT molecular complexity index is 234. The summed E-state index contributed by atoms with van der Waals surface area (Å²) in [5.41, 5.74) is 0. The molecule has 0 atom stereocenters. The van der Waals surface area contributed by atoms with Gasteiger partial charge in [0.1, 0.15) is 0 Å². The van der Waals surface area contributed by atoms with Gasteiger partial charge in [0, 0.05) is 12.2 Å². The van der Waals surface area contributed by atoms with Gasteiger partial charge in [-0.25, -0.2) is 9.59 Å². The van der Waals surface area contributed by atoms with E-state index in [-0.39, 0.29) is 6.61 Å². The van der Waals surface area contributed by atoms with E-state index in [1.165, 1.54) is 0 Å². The van der Waals surface area contributed by atoms with Crippen molar-refractivity contribution in [2.75, 3.05) is 6.61 Å². The number of esters is 1. The second-order valence-corrected chi connectivity index (χ2v) is 1.56. The van der Waals surface area contributed by atoms with Gasteiger partial charge in [-0.15, -0.1) is 6.42 Å². The van der Waals surface area contributed by atoms with Crippen LogP contribution >= 0.6 is 0 Å². The van der Waals surface area contributed by atoms with Crippen LogP contribution in [0, 0.1) is 12.3 Å². The zero-order valence-corrected chi connectivity index (χ0v) is 7.03. The second-order valence-electron chi connectivity index (χ2n) is 1.56. The van der Waals surface area contributed by atoms with Crippen LogP contribution in [0.1, 0.15) is 0 Å². The molecule has 0 aliphatic carbocycles. The van der Waals surface area contributed by atoms with Crippen molar-refractivity contribution in [1.29, 1.82) is 0 Å². The van der Waals surface area contributed by atoms with Crippen molar-refractivity contribution in [3.05, 3.63) is 25.3 Å². The molecular weight excluding hydrogens is 172 g/mol. The molecule has 0 aromatic rings. The van der Waals surface area contributed by atoms with Crippen LogP contribution < -0.4 is 0 Å². The maximum atomic E-state index is 10.1. The van der Waals surface area contributed by atoms with Gasteiger partial charge in [0.2, 0.25) is 0 Å². The lowest BCUT2D eigenvalue weighted by Crippen LogP contribution is -1.98. The summed E-state index contributed by atoms with van der Waals surface area (Å²) in [5.74, 6) is 0.677. The number of carbonyl (C=O) groups is 2. The van der Waals surface area contributed by atoms with Crippen molar-refractivity contribution in [2.24, 2.45) is 0 Å². The molecule has 13 heavy (non-hydrogen) atoms. The normalized spacial score (nSPS) is 6.69. The molecule has 0 amide bonds. The molecule has 0 spiro atoms. The number of carboxylic acid groups (broad SMARTS) is 1. The number of aliphatic carboxylic acids is 1. The van der Waals surface area contributed by atoms with Crippen LogP contribution in [-0.2, 0) is 14.3 Å². The van der Waals surface area contributed by atoms with Crippen LogP contribution in [0.2, 0.25) is 0 Å². The Hall–Kier alpha value is -2.02. The number of carboxylic acids is 1. The third-order valence-corrected chi connectivity index (χ3v) is 0.639. The smallest absolute Gasteiger partial charge is 0.331 e. The van der Waals surface area contributed by atoms with Crippen molar-refractivity contribution in [3.63, 3.8) is 0 Å². The minimum absolute atomic E-state index is 0.0187. The molecule has 0 saturated heterocycles. The molecule has 4 heteroatoms. The summed E-state index contributed by atoms with van der Waals surface area (Å²) in [4.78, 5) is 19.4. The zero-order valence-electron chi connectivity index (χ0n) is 7.03. The fraction of sp³-hybridized carbons (Fsp3) is 0.111. The molecular formula is C9H10O4. The van der Waals surface area contributed by atoms with E-state index in [1.807, 2.05) is 0 Å². The van der Waals surface area contributed by atoms with E-state index in [1.54, 1.807) is 0 Å². The third-order valence-electron chi connectivity index (χ3n) is 0.639. The fourth-order valence-electron chi connectivity index (χ4n) is 0.172. The number of rotatable bonds is 3. The summed E-state index contributed by atoms with van der Waals surface area (Å²) in [7, 11) is 0. The highest BCUT2D eigenvalue weighted by Gasteiger charge is 1.88. The average Bonchev–Trinajstić information content (AvgIpc) is 2.15. The van der Waals surface area contributed by atoms with Crippen LogP contribution in [0.15, 0.2) is 25.3 Å². The SMILES string of the molecule is C#CCOC(=O)C=C.C=CC(=O)O. The van der Waals surface area contributed by atoms with E-state index in [0.717, 1.165) is 12.2 Å². The summed E-state index contributed by atoms with van der Waals surface area (Å²) >= 11 is 0. The van der Waals surface area contributed by atoms with Crippen molar-refractivity contribution in [3.8, 4) is 12.3 Å². The predicted octanol–water partition coefficient (Wildman–Crippen LogP) is 0.606. The lowest BCUT2D eigenvalue weighted by atomic mass is 10.6. The number of carbonyl (C=O) groups excluding carboxylic acids is 1. The van der Waals surface area contributed by atoms with Crippen LogP contribution in [0.5, 0.6) is 0 Å². The van der Waals surface area contributed by atoms with Gasteiger partial charge >= 0.3 is 11.9 Å². The highest BCUT2D eigenvalue weighted by Crippen LogP contribution is 1.74. The van der Waals surface area contributed by atoms with Gasteiger partial charge in [-0.1, -0.05) is 19.1 Å². The lowest BCUT2D eigenvalue weighted by molar-refractivity contribution is -0.136. The van der Waals surface area contributed by atoms with Crippen molar-refractivity contribution >= 4 is 11.9 Å². The highest BCUT2D eigenvalue weighted by molar-refractivity contribution is 5.81. The fourth-order valence-corrected chi connectivity index (χ4v) is 0.172. The van der Waals surface area contributed by atoms with Crippen molar-refractivity contribution < 1.29 is 19.4 Å². The number of hydrogen-bond acceptors (Lipinski definition) is 3. The molecule has 0 saturated carbocycles.